The Balaban J connectivity index is 0. The monoisotopic (exact) mass is 302 g/mol. The molecule has 0 aromatic rings. The van der Waals surface area contributed by atoms with E-state index in [1.165, 1.54) is 0 Å². The molecule has 0 heterocycles. The summed E-state index contributed by atoms with van der Waals surface area (Å²) in [5, 5.41) is 0. The molecule has 10 heteroatoms. The van der Waals surface area contributed by atoms with Gasteiger partial charge < -0.3 is 14.0 Å². The van der Waals surface area contributed by atoms with Crippen molar-refractivity contribution in [3.63, 3.8) is 0 Å². The van der Waals surface area contributed by atoms with Crippen molar-refractivity contribution < 1.29 is 17.5 Å². The summed E-state index contributed by atoms with van der Waals surface area (Å²) in [5.41, 5.74) is 0. The van der Waals surface area contributed by atoms with Gasteiger partial charge in [0.1, 0.15) is 17.5 Å². The van der Waals surface area contributed by atoms with Crippen LogP contribution in [0.25, 0.3) is 0 Å². The largest absolute Gasteiger partial charge is 0.306 e. The van der Waals surface area contributed by atoms with Crippen LogP contribution in [-0.4, -0.2) is 83.6 Å². The number of nitrogens with zero attached hydrogens (tertiary/aromatic N) is 1. The van der Waals surface area contributed by atoms with Crippen LogP contribution in [-0.2, 0) is 39.9 Å². The SMILES string of the molecule is CN(C)C(CS(=O)(O)=S)CS(=O)(O)=S.[Na]. The average Bonchev–Trinajstić information content (AvgIpc) is 1.78. The first-order valence-corrected chi connectivity index (χ1v) is 8.80. The second kappa shape index (κ2) is 7.14. The fraction of sp³-hybridized carbons (Fsp3) is 1.00. The van der Waals surface area contributed by atoms with Crippen molar-refractivity contribution in [2.24, 2.45) is 0 Å². The Morgan fingerprint density at radius 2 is 1.40 bits per heavy atom. The standard InChI is InChI=1S/C5H13NO4S4.Na/c1-6(2)5(3-13(7,8)11)4-14(9,10)12;/h5H,3-4H2,1-2H3,(H,7,8,11)(H,9,10,12);. The summed E-state index contributed by atoms with van der Waals surface area (Å²) in [6.07, 6.45) is 0. The van der Waals surface area contributed by atoms with Crippen molar-refractivity contribution in [3.05, 3.63) is 0 Å². The summed E-state index contributed by atoms with van der Waals surface area (Å²) in [4.78, 5) is 1.56. The van der Waals surface area contributed by atoms with Gasteiger partial charge in [0, 0.05) is 58.0 Å². The zero-order valence-electron chi connectivity index (χ0n) is 8.78. The van der Waals surface area contributed by atoms with Gasteiger partial charge in [0.25, 0.3) is 0 Å². The molecule has 0 aromatic carbocycles. The predicted molar refractivity (Wildman–Crippen MR) is 69.2 cm³/mol. The van der Waals surface area contributed by atoms with E-state index in [-0.39, 0.29) is 41.1 Å². The van der Waals surface area contributed by atoms with Crippen molar-refractivity contribution in [1.82, 2.24) is 4.90 Å². The van der Waals surface area contributed by atoms with Gasteiger partial charge in [-0.15, -0.1) is 0 Å². The molecule has 0 saturated heterocycles. The molecule has 0 amide bonds. The molecule has 15 heavy (non-hydrogen) atoms. The van der Waals surface area contributed by atoms with Gasteiger partial charge in [-0.2, -0.15) is 0 Å². The van der Waals surface area contributed by atoms with E-state index in [0.29, 0.717) is 0 Å². The molecular weight excluding hydrogens is 289 g/mol. The molecule has 0 saturated carbocycles. The van der Waals surface area contributed by atoms with Gasteiger partial charge in [0.05, 0.1) is 11.5 Å². The van der Waals surface area contributed by atoms with E-state index in [4.69, 9.17) is 9.11 Å². The Bertz CT molecular complexity index is 342. The first kappa shape index (κ1) is 19.0. The molecule has 0 fully saturated rings. The molecule has 0 spiro atoms. The fourth-order valence-electron chi connectivity index (χ4n) is 0.832. The van der Waals surface area contributed by atoms with Gasteiger partial charge in [-0.1, -0.05) is 0 Å². The second-order valence-electron chi connectivity index (χ2n) is 3.11. The molecule has 0 bridgehead atoms. The van der Waals surface area contributed by atoms with Crippen LogP contribution in [0.1, 0.15) is 0 Å². The van der Waals surface area contributed by atoms with E-state index >= 15 is 0 Å². The molecule has 5 nitrogen and oxygen atoms in total. The van der Waals surface area contributed by atoms with Gasteiger partial charge in [-0.25, -0.2) is 8.42 Å². The van der Waals surface area contributed by atoms with Crippen molar-refractivity contribution in [2.45, 2.75) is 6.04 Å². The molecule has 2 atom stereocenters. The first-order valence-electron chi connectivity index (χ1n) is 3.58. The van der Waals surface area contributed by atoms with Crippen LogP contribution in [0.4, 0.5) is 0 Å². The van der Waals surface area contributed by atoms with Crippen molar-refractivity contribution in [2.75, 3.05) is 25.6 Å². The summed E-state index contributed by atoms with van der Waals surface area (Å²) in [6.45, 7) is 0. The van der Waals surface area contributed by atoms with Crippen LogP contribution in [0.15, 0.2) is 0 Å². The van der Waals surface area contributed by atoms with Crippen molar-refractivity contribution in [1.29, 1.82) is 0 Å². The summed E-state index contributed by atoms with van der Waals surface area (Å²) in [5.74, 6) is -0.465. The van der Waals surface area contributed by atoms with E-state index in [9.17, 15) is 8.42 Å². The van der Waals surface area contributed by atoms with Crippen LogP contribution < -0.4 is 0 Å². The minimum absolute atomic E-state index is 0. The molecule has 0 aliphatic carbocycles. The third kappa shape index (κ3) is 11.9. The Kier molecular flexibility index (Phi) is 9.03. The second-order valence-corrected chi connectivity index (χ2v) is 9.23. The van der Waals surface area contributed by atoms with Crippen LogP contribution in [0.3, 0.4) is 0 Å². The molecule has 0 aliphatic heterocycles. The van der Waals surface area contributed by atoms with Crippen LogP contribution in [0, 0.1) is 0 Å². The van der Waals surface area contributed by atoms with E-state index in [2.05, 4.69) is 22.4 Å². The third-order valence-corrected chi connectivity index (χ3v) is 3.96. The quantitative estimate of drug-likeness (QED) is 0.629. The summed E-state index contributed by atoms with van der Waals surface area (Å²) < 4.78 is 39.7. The van der Waals surface area contributed by atoms with Crippen molar-refractivity contribution >= 4 is 69.5 Å². The zero-order chi connectivity index (χ0) is 11.6. The Hall–Kier alpha value is 1.62. The smallest absolute Gasteiger partial charge is 0.143 e. The maximum absolute atomic E-state index is 10.9. The number of hydrogen-bond donors (Lipinski definition) is 2. The first-order chi connectivity index (χ1) is 6.01. The molecule has 0 aromatic heterocycles. The molecule has 2 unspecified atom stereocenters. The molecule has 2 N–H and O–H groups in total. The maximum atomic E-state index is 10.9. The van der Waals surface area contributed by atoms with Gasteiger partial charge in [0.15, 0.2) is 0 Å². The van der Waals surface area contributed by atoms with Gasteiger partial charge in [0.2, 0.25) is 0 Å². The predicted octanol–water partition coefficient (Wildman–Crippen LogP) is -1.03. The van der Waals surface area contributed by atoms with Gasteiger partial charge in [-0.05, 0) is 14.1 Å². The Morgan fingerprint density at radius 3 is 1.53 bits per heavy atom. The minimum atomic E-state index is -3.33. The summed E-state index contributed by atoms with van der Waals surface area (Å²) in [6, 6.07) is -0.556. The third-order valence-electron chi connectivity index (χ3n) is 1.54. The average molecular weight is 302 g/mol. The normalized spacial score (nSPS) is 21.1. The Morgan fingerprint density at radius 1 is 1.13 bits per heavy atom. The summed E-state index contributed by atoms with van der Waals surface area (Å²) >= 11 is 8.64. The molecule has 87 valence electrons. The molecule has 1 radical (unpaired) electrons. The van der Waals surface area contributed by atoms with Gasteiger partial charge >= 0.3 is 0 Å². The zero-order valence-corrected chi connectivity index (χ0v) is 14.0. The van der Waals surface area contributed by atoms with E-state index in [1.54, 1.807) is 19.0 Å². The van der Waals surface area contributed by atoms with E-state index in [1.807, 2.05) is 0 Å². The van der Waals surface area contributed by atoms with Gasteiger partial charge in [-0.3, -0.25) is 0 Å². The molecule has 0 aliphatic rings. The topological polar surface area (TPSA) is 77.8 Å². The Labute approximate surface area is 122 Å². The van der Waals surface area contributed by atoms with E-state index < -0.39 is 23.6 Å². The van der Waals surface area contributed by atoms with Crippen LogP contribution >= 0.6 is 0 Å². The number of rotatable bonds is 5. The van der Waals surface area contributed by atoms with Crippen LogP contribution in [0.5, 0.6) is 0 Å². The van der Waals surface area contributed by atoms with E-state index in [0.717, 1.165) is 0 Å². The van der Waals surface area contributed by atoms with Crippen LogP contribution in [0.2, 0.25) is 0 Å². The molecule has 0 rings (SSSR count). The number of hydrogen-bond acceptors (Lipinski definition) is 5. The maximum Gasteiger partial charge on any atom is 0.143 e. The summed E-state index contributed by atoms with van der Waals surface area (Å²) in [7, 11) is -3.40. The minimum Gasteiger partial charge on any atom is -0.306 e. The van der Waals surface area contributed by atoms with Crippen molar-refractivity contribution in [3.8, 4) is 0 Å². The molecular formula is C5H13NNaO4S4. The fourth-order valence-corrected chi connectivity index (χ4v) is 3.73.